The fourth-order valence-corrected chi connectivity index (χ4v) is 2.61. The first-order valence-corrected chi connectivity index (χ1v) is 7.43. The van der Waals surface area contributed by atoms with Crippen molar-refractivity contribution in [3.8, 4) is 5.75 Å². The number of aromatic hydroxyl groups is 1. The molecule has 23 heavy (non-hydrogen) atoms. The van der Waals surface area contributed by atoms with Gasteiger partial charge in [-0.05, 0) is 30.3 Å². The zero-order valence-electron chi connectivity index (χ0n) is 12.6. The van der Waals surface area contributed by atoms with Crippen molar-refractivity contribution in [1.82, 2.24) is 14.8 Å². The van der Waals surface area contributed by atoms with E-state index in [1.807, 2.05) is 0 Å². The van der Waals surface area contributed by atoms with E-state index in [0.29, 0.717) is 37.3 Å². The number of phenolic OH excluding ortho intramolecular Hbond substituents is 1. The Balaban J connectivity index is 1.62. The van der Waals surface area contributed by atoms with Crippen LogP contribution in [0.3, 0.4) is 0 Å². The minimum absolute atomic E-state index is 0.0671. The van der Waals surface area contributed by atoms with Gasteiger partial charge in [-0.1, -0.05) is 6.07 Å². The van der Waals surface area contributed by atoms with Crippen molar-refractivity contribution in [3.05, 3.63) is 59.9 Å². The molecule has 0 spiro atoms. The highest BCUT2D eigenvalue weighted by atomic mass is 16.3. The summed E-state index contributed by atoms with van der Waals surface area (Å²) in [6.07, 6.45) is 3.18. The molecule has 1 aliphatic rings. The third kappa shape index (κ3) is 3.31. The second kappa shape index (κ2) is 6.48. The van der Waals surface area contributed by atoms with Gasteiger partial charge in [-0.2, -0.15) is 0 Å². The molecule has 0 atom stereocenters. The first-order chi connectivity index (χ1) is 11.1. The molecule has 6 heteroatoms. The molecule has 1 fully saturated rings. The van der Waals surface area contributed by atoms with E-state index < -0.39 is 0 Å². The van der Waals surface area contributed by atoms with Crippen LogP contribution < -0.4 is 0 Å². The number of carbonyl (C=O) groups is 2. The summed E-state index contributed by atoms with van der Waals surface area (Å²) in [5, 5.41) is 9.47. The summed E-state index contributed by atoms with van der Waals surface area (Å²) in [7, 11) is 0. The highest BCUT2D eigenvalue weighted by Crippen LogP contribution is 2.15. The van der Waals surface area contributed by atoms with Crippen molar-refractivity contribution in [1.29, 1.82) is 0 Å². The third-order valence-corrected chi connectivity index (χ3v) is 3.86. The van der Waals surface area contributed by atoms with Crippen LogP contribution >= 0.6 is 0 Å². The monoisotopic (exact) mass is 311 g/mol. The van der Waals surface area contributed by atoms with Crippen LogP contribution in [0, 0.1) is 0 Å². The van der Waals surface area contributed by atoms with E-state index >= 15 is 0 Å². The second-order valence-corrected chi connectivity index (χ2v) is 5.38. The number of piperazine rings is 1. The lowest BCUT2D eigenvalue weighted by molar-refractivity contribution is 0.0535. The topological polar surface area (TPSA) is 73.7 Å². The molecule has 0 aliphatic carbocycles. The number of aromatic nitrogens is 1. The van der Waals surface area contributed by atoms with Crippen molar-refractivity contribution in [2.45, 2.75) is 0 Å². The fourth-order valence-electron chi connectivity index (χ4n) is 2.61. The molecule has 0 unspecified atom stereocenters. The Bertz CT molecular complexity index is 710. The van der Waals surface area contributed by atoms with Gasteiger partial charge >= 0.3 is 0 Å². The summed E-state index contributed by atoms with van der Waals surface area (Å²) in [5.41, 5.74) is 1.01. The van der Waals surface area contributed by atoms with Gasteiger partial charge in [0.25, 0.3) is 11.8 Å². The normalized spacial score (nSPS) is 14.6. The number of pyridine rings is 1. The summed E-state index contributed by atoms with van der Waals surface area (Å²) in [4.78, 5) is 32.1. The van der Waals surface area contributed by atoms with Crippen LogP contribution in [-0.2, 0) is 0 Å². The summed E-state index contributed by atoms with van der Waals surface area (Å²) in [6, 6.07) is 9.77. The number of rotatable bonds is 2. The first kappa shape index (κ1) is 15.0. The fraction of sp³-hybridized carbons (Fsp3) is 0.235. The Morgan fingerprint density at radius 1 is 0.913 bits per heavy atom. The van der Waals surface area contributed by atoms with Crippen LogP contribution in [0.25, 0.3) is 0 Å². The third-order valence-electron chi connectivity index (χ3n) is 3.86. The van der Waals surface area contributed by atoms with Gasteiger partial charge in [-0.3, -0.25) is 14.6 Å². The van der Waals surface area contributed by atoms with E-state index in [1.54, 1.807) is 46.5 Å². The molecule has 2 aromatic rings. The lowest BCUT2D eigenvalue weighted by Crippen LogP contribution is -2.50. The van der Waals surface area contributed by atoms with E-state index in [2.05, 4.69) is 4.98 Å². The van der Waals surface area contributed by atoms with Crippen LogP contribution in [0.15, 0.2) is 48.8 Å². The van der Waals surface area contributed by atoms with Crippen LogP contribution in [0.4, 0.5) is 0 Å². The highest BCUT2D eigenvalue weighted by Gasteiger charge is 2.25. The summed E-state index contributed by atoms with van der Waals surface area (Å²) in [5.74, 6) is -0.127. The molecule has 1 N–H and O–H groups in total. The van der Waals surface area contributed by atoms with Crippen molar-refractivity contribution >= 4 is 11.8 Å². The molecule has 0 radical (unpaired) electrons. The van der Waals surface area contributed by atoms with E-state index in [-0.39, 0.29) is 17.6 Å². The lowest BCUT2D eigenvalue weighted by Gasteiger charge is -2.34. The minimum Gasteiger partial charge on any atom is -0.508 e. The molecule has 2 heterocycles. The highest BCUT2D eigenvalue weighted by molar-refractivity contribution is 5.96. The molecule has 118 valence electrons. The number of benzene rings is 1. The predicted molar refractivity (Wildman–Crippen MR) is 84.2 cm³/mol. The minimum atomic E-state index is -0.130. The summed E-state index contributed by atoms with van der Waals surface area (Å²) >= 11 is 0. The van der Waals surface area contributed by atoms with E-state index in [4.69, 9.17) is 0 Å². The number of hydrogen-bond donors (Lipinski definition) is 1. The number of carbonyl (C=O) groups excluding carboxylic acids is 2. The smallest absolute Gasteiger partial charge is 0.255 e. The van der Waals surface area contributed by atoms with Gasteiger partial charge in [0.05, 0.1) is 5.56 Å². The number of nitrogens with zero attached hydrogens (tertiary/aromatic N) is 3. The lowest BCUT2D eigenvalue weighted by atomic mass is 10.1. The van der Waals surface area contributed by atoms with Crippen molar-refractivity contribution in [2.24, 2.45) is 0 Å². The van der Waals surface area contributed by atoms with Crippen molar-refractivity contribution < 1.29 is 14.7 Å². The predicted octanol–water partition coefficient (Wildman–Crippen LogP) is 1.39. The Kier molecular flexibility index (Phi) is 4.23. The second-order valence-electron chi connectivity index (χ2n) is 5.38. The van der Waals surface area contributed by atoms with Gasteiger partial charge in [0.15, 0.2) is 0 Å². The Morgan fingerprint density at radius 3 is 2.09 bits per heavy atom. The van der Waals surface area contributed by atoms with Gasteiger partial charge in [0.1, 0.15) is 5.75 Å². The molecule has 0 saturated carbocycles. The number of phenols is 1. The molecular weight excluding hydrogens is 294 g/mol. The largest absolute Gasteiger partial charge is 0.508 e. The molecule has 6 nitrogen and oxygen atoms in total. The standard InChI is InChI=1S/C17H17N3O3/c21-15-5-1-3-13(11-15)16(22)19-7-9-20(10-8-19)17(23)14-4-2-6-18-12-14/h1-6,11-12,21H,7-10H2. The van der Waals surface area contributed by atoms with Crippen LogP contribution in [0.5, 0.6) is 5.75 Å². The molecule has 1 aliphatic heterocycles. The maximum atomic E-state index is 12.4. The molecule has 1 aromatic carbocycles. The van der Waals surface area contributed by atoms with Gasteiger partial charge in [-0.25, -0.2) is 0 Å². The Morgan fingerprint density at radius 2 is 1.52 bits per heavy atom. The van der Waals surface area contributed by atoms with Gasteiger partial charge in [-0.15, -0.1) is 0 Å². The molecule has 1 saturated heterocycles. The SMILES string of the molecule is O=C(c1cccnc1)N1CCN(C(=O)c2cccc(O)c2)CC1. The summed E-state index contributed by atoms with van der Waals surface area (Å²) in [6.45, 7) is 1.91. The van der Waals surface area contributed by atoms with Crippen LogP contribution in [0.2, 0.25) is 0 Å². The quantitative estimate of drug-likeness (QED) is 0.909. The Labute approximate surface area is 134 Å². The summed E-state index contributed by atoms with van der Waals surface area (Å²) < 4.78 is 0. The van der Waals surface area contributed by atoms with Crippen molar-refractivity contribution in [2.75, 3.05) is 26.2 Å². The zero-order chi connectivity index (χ0) is 16.2. The zero-order valence-corrected chi connectivity index (χ0v) is 12.6. The Hall–Kier alpha value is -2.89. The average molecular weight is 311 g/mol. The number of hydrogen-bond acceptors (Lipinski definition) is 4. The van der Waals surface area contributed by atoms with Crippen LogP contribution in [0.1, 0.15) is 20.7 Å². The van der Waals surface area contributed by atoms with Gasteiger partial charge in [0, 0.05) is 44.1 Å². The van der Waals surface area contributed by atoms with E-state index in [9.17, 15) is 14.7 Å². The van der Waals surface area contributed by atoms with Gasteiger partial charge < -0.3 is 14.9 Å². The van der Waals surface area contributed by atoms with Gasteiger partial charge in [0.2, 0.25) is 0 Å². The van der Waals surface area contributed by atoms with E-state index in [0.717, 1.165) is 0 Å². The molecule has 0 bridgehead atoms. The average Bonchev–Trinajstić information content (AvgIpc) is 2.61. The molecule has 3 rings (SSSR count). The van der Waals surface area contributed by atoms with E-state index in [1.165, 1.54) is 12.1 Å². The molecular formula is C17H17N3O3. The number of amides is 2. The van der Waals surface area contributed by atoms with Crippen LogP contribution in [-0.4, -0.2) is 57.9 Å². The maximum absolute atomic E-state index is 12.4. The van der Waals surface area contributed by atoms with Crippen molar-refractivity contribution in [3.63, 3.8) is 0 Å². The maximum Gasteiger partial charge on any atom is 0.255 e. The molecule has 2 amide bonds. The molecule has 1 aromatic heterocycles. The first-order valence-electron chi connectivity index (χ1n) is 7.43.